The predicted molar refractivity (Wildman–Crippen MR) is 80.2 cm³/mol. The molecule has 1 N–H and O–H groups in total. The first-order valence-corrected chi connectivity index (χ1v) is 8.82. The maximum absolute atomic E-state index is 12.4. The van der Waals surface area contributed by atoms with Crippen LogP contribution in [0, 0.1) is 0 Å². The maximum Gasteiger partial charge on any atom is 0.370 e. The van der Waals surface area contributed by atoms with Gasteiger partial charge >= 0.3 is 5.97 Å². The van der Waals surface area contributed by atoms with Gasteiger partial charge in [-0.25, -0.2) is 8.98 Å². The maximum atomic E-state index is 12.4. The number of hydrogen-bond donors (Lipinski definition) is 1. The van der Waals surface area contributed by atoms with Crippen molar-refractivity contribution in [3.63, 3.8) is 0 Å². The minimum Gasteiger partial charge on any atom is -0.327 e. The molecule has 1 fully saturated rings. The Morgan fingerprint density at radius 3 is 2.26 bits per heavy atom. The molecule has 1 aromatic rings. The molecule has 0 aromatic heterocycles. The molecule has 10 heteroatoms. The Balaban J connectivity index is 2.36. The minimum absolute atomic E-state index is 0.0766. The second kappa shape index (κ2) is 6.32. The fourth-order valence-corrected chi connectivity index (χ4v) is 2.99. The summed E-state index contributed by atoms with van der Waals surface area (Å²) in [4.78, 5) is 40.3. The van der Waals surface area contributed by atoms with Gasteiger partial charge in [0.25, 0.3) is 20.9 Å². The SMILES string of the molecule is CC(OS(=O)(O)=S)(C(=O)ON1C(=O)CCC1=O)c1ccccc1. The summed E-state index contributed by atoms with van der Waals surface area (Å²) in [5.74, 6) is -2.57. The molecule has 2 amide bonds. The first-order valence-electron chi connectivity index (χ1n) is 6.45. The number of amides is 2. The largest absolute Gasteiger partial charge is 0.370 e. The molecule has 1 aromatic carbocycles. The highest BCUT2D eigenvalue weighted by molar-refractivity contribution is 8.27. The van der Waals surface area contributed by atoms with Crippen LogP contribution in [0.4, 0.5) is 0 Å². The van der Waals surface area contributed by atoms with Crippen LogP contribution in [0.25, 0.3) is 0 Å². The van der Waals surface area contributed by atoms with E-state index >= 15 is 0 Å². The normalized spacial score (nSPS) is 20.0. The molecule has 124 valence electrons. The zero-order chi connectivity index (χ0) is 17.3. The molecule has 1 aliphatic heterocycles. The zero-order valence-corrected chi connectivity index (χ0v) is 13.6. The molecule has 0 aliphatic carbocycles. The molecule has 0 saturated carbocycles. The average Bonchev–Trinajstić information content (AvgIpc) is 2.78. The van der Waals surface area contributed by atoms with Crippen molar-refractivity contribution in [2.24, 2.45) is 0 Å². The summed E-state index contributed by atoms with van der Waals surface area (Å²) >= 11 is 4.29. The van der Waals surface area contributed by atoms with E-state index in [4.69, 9.17) is 9.02 Å². The molecular weight excluding hydrogens is 346 g/mol. The predicted octanol–water partition coefficient (Wildman–Crippen LogP) is 0.660. The van der Waals surface area contributed by atoms with Gasteiger partial charge in [-0.3, -0.25) is 14.1 Å². The number of hydrogen-bond acceptors (Lipinski definition) is 7. The zero-order valence-electron chi connectivity index (χ0n) is 12.0. The van der Waals surface area contributed by atoms with Crippen molar-refractivity contribution < 1.29 is 32.2 Å². The first kappa shape index (κ1) is 17.5. The lowest BCUT2D eigenvalue weighted by Gasteiger charge is -2.27. The second-order valence-electron chi connectivity index (χ2n) is 4.87. The Labute approximate surface area is 137 Å². The van der Waals surface area contributed by atoms with Gasteiger partial charge in [-0.05, 0) is 12.5 Å². The van der Waals surface area contributed by atoms with Crippen LogP contribution < -0.4 is 0 Å². The standard InChI is InChI=1S/C13H13NO7S2/c1-13(21-23(18,19)22,9-5-3-2-4-6-9)12(17)20-14-10(15)7-8-11(14)16/h2-6H,7-8H2,1H3,(H,18,19,22). The topological polar surface area (TPSA) is 110 Å². The summed E-state index contributed by atoms with van der Waals surface area (Å²) in [6.45, 7) is 1.16. The Morgan fingerprint density at radius 2 is 1.78 bits per heavy atom. The van der Waals surface area contributed by atoms with Crippen molar-refractivity contribution in [2.45, 2.75) is 25.4 Å². The molecule has 0 bridgehead atoms. The number of nitrogens with zero attached hydrogens (tertiary/aromatic N) is 1. The van der Waals surface area contributed by atoms with E-state index in [1.54, 1.807) is 18.2 Å². The van der Waals surface area contributed by atoms with E-state index in [-0.39, 0.29) is 18.4 Å². The van der Waals surface area contributed by atoms with E-state index in [0.717, 1.165) is 6.92 Å². The quantitative estimate of drug-likeness (QED) is 0.764. The number of benzene rings is 1. The van der Waals surface area contributed by atoms with Crippen LogP contribution in [0.3, 0.4) is 0 Å². The van der Waals surface area contributed by atoms with Crippen LogP contribution in [0.1, 0.15) is 25.3 Å². The van der Waals surface area contributed by atoms with E-state index in [1.165, 1.54) is 12.1 Å². The number of carbonyl (C=O) groups is 3. The van der Waals surface area contributed by atoms with E-state index in [9.17, 15) is 23.1 Å². The Kier molecular flexibility index (Phi) is 4.80. The highest BCUT2D eigenvalue weighted by Gasteiger charge is 2.45. The van der Waals surface area contributed by atoms with Gasteiger partial charge in [0.05, 0.1) is 0 Å². The van der Waals surface area contributed by atoms with Gasteiger partial charge in [-0.2, -0.15) is 4.21 Å². The van der Waals surface area contributed by atoms with Gasteiger partial charge < -0.3 is 4.84 Å². The molecule has 1 heterocycles. The van der Waals surface area contributed by atoms with Crippen molar-refractivity contribution >= 4 is 38.0 Å². The lowest BCUT2D eigenvalue weighted by molar-refractivity contribution is -0.208. The van der Waals surface area contributed by atoms with Gasteiger partial charge in [0.1, 0.15) is 0 Å². The molecule has 2 rings (SSSR count). The summed E-state index contributed by atoms with van der Waals surface area (Å²) in [5.41, 5.74) is -1.89. The Hall–Kier alpha value is -1.88. The van der Waals surface area contributed by atoms with E-state index < -0.39 is 32.4 Å². The van der Waals surface area contributed by atoms with Crippen molar-refractivity contribution in [1.29, 1.82) is 0 Å². The number of carbonyl (C=O) groups excluding carboxylic acids is 3. The van der Waals surface area contributed by atoms with Crippen molar-refractivity contribution in [3.8, 4) is 0 Å². The van der Waals surface area contributed by atoms with Crippen LogP contribution in [0.15, 0.2) is 30.3 Å². The van der Waals surface area contributed by atoms with Gasteiger partial charge in [-0.15, -0.1) is 5.06 Å². The van der Waals surface area contributed by atoms with Crippen molar-refractivity contribution in [2.75, 3.05) is 0 Å². The summed E-state index contributed by atoms with van der Waals surface area (Å²) in [7, 11) is -4.19. The molecule has 0 radical (unpaired) electrons. The van der Waals surface area contributed by atoms with Crippen LogP contribution in [0.5, 0.6) is 0 Å². The highest BCUT2D eigenvalue weighted by atomic mass is 32.9. The van der Waals surface area contributed by atoms with Crippen LogP contribution in [0.2, 0.25) is 0 Å². The Morgan fingerprint density at radius 1 is 1.26 bits per heavy atom. The lowest BCUT2D eigenvalue weighted by atomic mass is 9.96. The summed E-state index contributed by atoms with van der Waals surface area (Å²) in [6.07, 6.45) is -0.153. The fourth-order valence-electron chi connectivity index (χ4n) is 1.99. The average molecular weight is 359 g/mol. The van der Waals surface area contributed by atoms with Gasteiger partial charge in [0.2, 0.25) is 5.60 Å². The monoisotopic (exact) mass is 359 g/mol. The van der Waals surface area contributed by atoms with E-state index in [2.05, 4.69) is 11.2 Å². The van der Waals surface area contributed by atoms with Gasteiger partial charge in [0.15, 0.2) is 0 Å². The molecule has 8 nitrogen and oxygen atoms in total. The molecule has 0 spiro atoms. The van der Waals surface area contributed by atoms with Crippen molar-refractivity contribution in [1.82, 2.24) is 5.06 Å². The minimum atomic E-state index is -4.19. The summed E-state index contributed by atoms with van der Waals surface area (Å²) < 4.78 is 25.6. The summed E-state index contributed by atoms with van der Waals surface area (Å²) in [6, 6.07) is 7.70. The molecule has 2 atom stereocenters. The van der Waals surface area contributed by atoms with Crippen molar-refractivity contribution in [3.05, 3.63) is 35.9 Å². The number of imide groups is 1. The third-order valence-electron chi connectivity index (χ3n) is 3.17. The molecular formula is C13H13NO7S2. The van der Waals surface area contributed by atoms with Crippen LogP contribution >= 0.6 is 0 Å². The van der Waals surface area contributed by atoms with Gasteiger partial charge in [0, 0.05) is 24.0 Å². The third kappa shape index (κ3) is 3.91. The lowest BCUT2D eigenvalue weighted by Crippen LogP contribution is -2.44. The van der Waals surface area contributed by atoms with Crippen LogP contribution in [-0.2, 0) is 49.2 Å². The third-order valence-corrected chi connectivity index (χ3v) is 3.91. The Bertz CT molecular complexity index is 731. The van der Waals surface area contributed by atoms with Crippen LogP contribution in [-0.4, -0.2) is 31.6 Å². The van der Waals surface area contributed by atoms with E-state index in [0.29, 0.717) is 5.06 Å². The first-order chi connectivity index (χ1) is 10.6. The fraction of sp³-hybridized carbons (Fsp3) is 0.308. The molecule has 2 unspecified atom stereocenters. The smallest absolute Gasteiger partial charge is 0.327 e. The summed E-state index contributed by atoms with van der Waals surface area (Å²) in [5, 5.41) is 0.329. The molecule has 23 heavy (non-hydrogen) atoms. The second-order valence-corrected chi connectivity index (χ2v) is 7.16. The van der Waals surface area contributed by atoms with E-state index in [1.807, 2.05) is 0 Å². The highest BCUT2D eigenvalue weighted by Crippen LogP contribution is 2.30. The number of rotatable bonds is 5. The van der Waals surface area contributed by atoms with Gasteiger partial charge in [-0.1, -0.05) is 30.3 Å². The molecule has 1 aliphatic rings. The molecule has 1 saturated heterocycles. The number of hydroxylamine groups is 2.